The fourth-order valence-corrected chi connectivity index (χ4v) is 6.32. The van der Waals surface area contributed by atoms with Crippen LogP contribution in [0.4, 0.5) is 0 Å². The molecule has 1 aliphatic heterocycles. The Labute approximate surface area is 186 Å². The largest absolute Gasteiger partial charge is 0.347 e. The predicted molar refractivity (Wildman–Crippen MR) is 120 cm³/mol. The van der Waals surface area contributed by atoms with E-state index in [0.29, 0.717) is 42.5 Å². The number of pyridine rings is 1. The van der Waals surface area contributed by atoms with E-state index in [9.17, 15) is 13.2 Å². The van der Waals surface area contributed by atoms with Crippen molar-refractivity contribution in [2.24, 2.45) is 0 Å². The molecule has 1 N–H and O–H groups in total. The van der Waals surface area contributed by atoms with Gasteiger partial charge in [0.2, 0.25) is 0 Å². The van der Waals surface area contributed by atoms with E-state index in [1.165, 1.54) is 16.9 Å². The molecule has 1 amide bonds. The number of carbonyl (C=O) groups excluding carboxylic acids is 1. The van der Waals surface area contributed by atoms with Gasteiger partial charge < -0.3 is 5.32 Å². The standard InChI is InChI=1S/C22H24N4O3S2/c27-22(19-4-2-1-3-5-19)24-16-20-6-7-21(30-20)31(28,29)26-14-12-25(13-15-26)17-18-8-10-23-11-9-18/h1-11H,12-17H2,(H,24,27). The number of hydrogen-bond donors (Lipinski definition) is 1. The first kappa shape index (κ1) is 21.6. The van der Waals surface area contributed by atoms with E-state index in [4.69, 9.17) is 0 Å². The molecule has 0 spiro atoms. The van der Waals surface area contributed by atoms with Crippen LogP contribution < -0.4 is 5.32 Å². The van der Waals surface area contributed by atoms with Gasteiger partial charge in [0.15, 0.2) is 0 Å². The Balaban J connectivity index is 1.32. The highest BCUT2D eigenvalue weighted by Gasteiger charge is 2.29. The molecule has 0 radical (unpaired) electrons. The predicted octanol–water partition coefficient (Wildman–Crippen LogP) is 2.58. The van der Waals surface area contributed by atoms with Gasteiger partial charge in [0.1, 0.15) is 4.21 Å². The summed E-state index contributed by atoms with van der Waals surface area (Å²) in [5.74, 6) is -0.177. The second-order valence-corrected chi connectivity index (χ2v) is 10.6. The Morgan fingerprint density at radius 3 is 2.39 bits per heavy atom. The first-order chi connectivity index (χ1) is 15.0. The van der Waals surface area contributed by atoms with Crippen LogP contribution in [0.2, 0.25) is 0 Å². The van der Waals surface area contributed by atoms with Gasteiger partial charge in [-0.3, -0.25) is 14.7 Å². The lowest BCUT2D eigenvalue weighted by atomic mass is 10.2. The molecule has 4 rings (SSSR count). The van der Waals surface area contributed by atoms with Crippen LogP contribution in [0.5, 0.6) is 0 Å². The third-order valence-electron chi connectivity index (χ3n) is 5.18. The van der Waals surface area contributed by atoms with Crippen LogP contribution in [0, 0.1) is 0 Å². The first-order valence-corrected chi connectivity index (χ1v) is 12.3. The topological polar surface area (TPSA) is 82.6 Å². The Morgan fingerprint density at radius 1 is 0.968 bits per heavy atom. The lowest BCUT2D eigenvalue weighted by Gasteiger charge is -2.33. The number of amides is 1. The number of benzene rings is 1. The minimum atomic E-state index is -3.53. The van der Waals surface area contributed by atoms with Crippen LogP contribution >= 0.6 is 11.3 Å². The number of thiophene rings is 1. The molecule has 162 valence electrons. The molecule has 3 aromatic rings. The molecule has 0 atom stereocenters. The van der Waals surface area contributed by atoms with Gasteiger partial charge in [-0.1, -0.05) is 18.2 Å². The summed E-state index contributed by atoms with van der Waals surface area (Å²) in [4.78, 5) is 19.3. The van der Waals surface area contributed by atoms with E-state index in [1.807, 2.05) is 30.3 Å². The minimum absolute atomic E-state index is 0.177. The van der Waals surface area contributed by atoms with E-state index in [0.717, 1.165) is 11.4 Å². The van der Waals surface area contributed by atoms with Gasteiger partial charge in [0.05, 0.1) is 6.54 Å². The third-order valence-corrected chi connectivity index (χ3v) is 8.63. The van der Waals surface area contributed by atoms with Gasteiger partial charge in [0.25, 0.3) is 15.9 Å². The Morgan fingerprint density at radius 2 is 1.68 bits per heavy atom. The molecule has 1 aromatic carbocycles. The summed E-state index contributed by atoms with van der Waals surface area (Å²) in [7, 11) is -3.53. The summed E-state index contributed by atoms with van der Waals surface area (Å²) in [6.07, 6.45) is 3.54. The van der Waals surface area contributed by atoms with Gasteiger partial charge in [-0.2, -0.15) is 4.31 Å². The SMILES string of the molecule is O=C(NCc1ccc(S(=O)(=O)N2CCN(Cc3ccncc3)CC2)s1)c1ccccc1. The number of aromatic nitrogens is 1. The molecule has 1 saturated heterocycles. The van der Waals surface area contributed by atoms with Crippen LogP contribution in [0.1, 0.15) is 20.8 Å². The van der Waals surface area contributed by atoms with Crippen molar-refractivity contribution in [1.82, 2.24) is 19.5 Å². The minimum Gasteiger partial charge on any atom is -0.347 e. The summed E-state index contributed by atoms with van der Waals surface area (Å²) in [6, 6.07) is 16.3. The van der Waals surface area contributed by atoms with Gasteiger partial charge in [-0.15, -0.1) is 11.3 Å². The zero-order chi connectivity index (χ0) is 21.7. The molecule has 0 aliphatic carbocycles. The number of carbonyl (C=O) groups is 1. The highest BCUT2D eigenvalue weighted by molar-refractivity contribution is 7.91. The summed E-state index contributed by atoms with van der Waals surface area (Å²) in [5.41, 5.74) is 1.75. The Bertz CT molecular complexity index is 1110. The molecule has 2 aromatic heterocycles. The molecule has 0 unspecified atom stereocenters. The molecule has 9 heteroatoms. The van der Waals surface area contributed by atoms with E-state index in [1.54, 1.807) is 41.0 Å². The Kier molecular flexibility index (Phi) is 6.77. The quantitative estimate of drug-likeness (QED) is 0.591. The molecule has 3 heterocycles. The molecule has 31 heavy (non-hydrogen) atoms. The van der Waals surface area contributed by atoms with Crippen molar-refractivity contribution in [3.8, 4) is 0 Å². The van der Waals surface area contributed by atoms with Crippen LogP contribution in [-0.4, -0.2) is 54.7 Å². The molecule has 1 aliphatic rings. The zero-order valence-electron chi connectivity index (χ0n) is 17.0. The van der Waals surface area contributed by atoms with Gasteiger partial charge in [-0.05, 0) is 42.0 Å². The number of piperazine rings is 1. The van der Waals surface area contributed by atoms with E-state index >= 15 is 0 Å². The first-order valence-electron chi connectivity index (χ1n) is 10.1. The van der Waals surface area contributed by atoms with Crippen LogP contribution in [0.3, 0.4) is 0 Å². The zero-order valence-corrected chi connectivity index (χ0v) is 18.6. The van der Waals surface area contributed by atoms with E-state index < -0.39 is 10.0 Å². The van der Waals surface area contributed by atoms with Gasteiger partial charge >= 0.3 is 0 Å². The highest BCUT2D eigenvalue weighted by atomic mass is 32.2. The van der Waals surface area contributed by atoms with Crippen molar-refractivity contribution in [3.05, 3.63) is 83.0 Å². The monoisotopic (exact) mass is 456 g/mol. The van der Waals surface area contributed by atoms with Crippen LogP contribution in [-0.2, 0) is 23.1 Å². The average molecular weight is 457 g/mol. The second-order valence-electron chi connectivity index (χ2n) is 7.31. The lowest BCUT2D eigenvalue weighted by molar-refractivity contribution is 0.0951. The van der Waals surface area contributed by atoms with Crippen molar-refractivity contribution < 1.29 is 13.2 Å². The summed E-state index contributed by atoms with van der Waals surface area (Å²) in [5, 5.41) is 2.84. The number of rotatable bonds is 7. The molecule has 1 fully saturated rings. The van der Waals surface area contributed by atoms with Crippen molar-refractivity contribution in [2.45, 2.75) is 17.3 Å². The second kappa shape index (κ2) is 9.69. The smallest absolute Gasteiger partial charge is 0.252 e. The van der Waals surface area contributed by atoms with Crippen molar-refractivity contribution in [1.29, 1.82) is 0 Å². The number of sulfonamides is 1. The van der Waals surface area contributed by atoms with E-state index in [2.05, 4.69) is 15.2 Å². The molecule has 7 nitrogen and oxygen atoms in total. The number of nitrogens with one attached hydrogen (secondary N) is 1. The van der Waals surface area contributed by atoms with Crippen LogP contribution in [0.15, 0.2) is 71.2 Å². The maximum atomic E-state index is 13.0. The van der Waals surface area contributed by atoms with Crippen LogP contribution in [0.25, 0.3) is 0 Å². The molecule has 0 saturated carbocycles. The lowest BCUT2D eigenvalue weighted by Crippen LogP contribution is -2.48. The third kappa shape index (κ3) is 5.37. The maximum absolute atomic E-state index is 13.0. The molecule has 0 bridgehead atoms. The fraction of sp³-hybridized carbons (Fsp3) is 0.273. The van der Waals surface area contributed by atoms with E-state index in [-0.39, 0.29) is 5.91 Å². The average Bonchev–Trinajstić information content (AvgIpc) is 3.29. The number of hydrogen-bond acceptors (Lipinski definition) is 6. The van der Waals surface area contributed by atoms with Gasteiger partial charge in [0, 0.05) is 55.6 Å². The maximum Gasteiger partial charge on any atom is 0.252 e. The van der Waals surface area contributed by atoms with Gasteiger partial charge in [-0.25, -0.2) is 8.42 Å². The molecular weight excluding hydrogens is 432 g/mol. The summed E-state index contributed by atoms with van der Waals surface area (Å²) >= 11 is 1.21. The fourth-order valence-electron chi connectivity index (χ4n) is 3.45. The molecular formula is C22H24N4O3S2. The summed E-state index contributed by atoms with van der Waals surface area (Å²) in [6.45, 7) is 3.39. The summed E-state index contributed by atoms with van der Waals surface area (Å²) < 4.78 is 28.0. The highest BCUT2D eigenvalue weighted by Crippen LogP contribution is 2.26. The Hall–Kier alpha value is -2.59. The van der Waals surface area contributed by atoms with Crippen molar-refractivity contribution in [3.63, 3.8) is 0 Å². The van der Waals surface area contributed by atoms with Crippen molar-refractivity contribution >= 4 is 27.3 Å². The van der Waals surface area contributed by atoms with Crippen molar-refractivity contribution in [2.75, 3.05) is 26.2 Å². The number of nitrogens with zero attached hydrogens (tertiary/aromatic N) is 3. The normalized spacial score (nSPS) is 15.6.